The molecule has 4 bridgehead atoms. The van der Waals surface area contributed by atoms with Gasteiger partial charge in [0.2, 0.25) is 47.3 Å². The number of nitrogens with one attached hydrogen (secondary N) is 7. The van der Waals surface area contributed by atoms with E-state index in [1.165, 1.54) is 73.4 Å². The Balaban J connectivity index is 0.900. The Morgan fingerprint density at radius 1 is 0.849 bits per heavy atom. The molecule has 126 heavy (non-hydrogen) atoms. The van der Waals surface area contributed by atoms with E-state index in [0.717, 1.165) is 55.0 Å². The third kappa shape index (κ3) is 28.3. The van der Waals surface area contributed by atoms with Crippen molar-refractivity contribution in [3.63, 3.8) is 0 Å². The summed E-state index contributed by atoms with van der Waals surface area (Å²) in [6.07, 6.45) is 1.80. The quantitative estimate of drug-likeness (QED) is 0.0110. The molecule has 9 rings (SSSR count). The number of amides is 8. The van der Waals surface area contributed by atoms with E-state index in [-0.39, 0.29) is 79.2 Å². The molecule has 1 unspecified atom stereocenters. The summed E-state index contributed by atoms with van der Waals surface area (Å²) in [5, 5.41) is 64.1. The van der Waals surface area contributed by atoms with Gasteiger partial charge >= 0.3 is 11.9 Å². The molecule has 4 aliphatic heterocycles. The molecular weight excluding hydrogens is 1720 g/mol. The molecule has 4 aromatic rings. The van der Waals surface area contributed by atoms with Crippen LogP contribution in [0.15, 0.2) is 127 Å². The second-order valence-corrected chi connectivity index (χ2v) is 39.3. The fourth-order valence-electron chi connectivity index (χ4n) is 15.8. The SMILES string of the molecule is COc1cc2cc(c1Cl)N(C)C(=O)C[C@H](OC(=O)[C@H](C)N(C)C(=O)CCSSC(C)CCN[C@H](Cc1ccccc1)C(=O)N[C@H]1CSSC[C@@H](C(=O)N[C@H](CO)[C@@H](C)O)NC(=O)[C@H]([C@@H](C)O)NC(=O)[C@H](CCCCN)NC(=O)[C@@H](CC3=CCc4ccccc43)NC(=O)[C@H](Cc3ccccc3)CC1=O)[C@]1(C)O[C@H]1[C@H](C)[C@@H]1C[C@@](O)(CC(=O)O1)[C@H](OC)/C=C/C=C(\C)C2. The fraction of sp³-hybridized carbons (Fsp3) is 0.549. The van der Waals surface area contributed by atoms with Gasteiger partial charge in [0.05, 0.1) is 68.7 Å². The highest BCUT2D eigenvalue weighted by molar-refractivity contribution is 8.77. The van der Waals surface area contributed by atoms with E-state index in [0.29, 0.717) is 61.4 Å². The summed E-state index contributed by atoms with van der Waals surface area (Å²) in [5.41, 5.74) is 8.94. The molecule has 13 N–H and O–H groups in total. The monoisotopic (exact) mass is 1840 g/mol. The highest BCUT2D eigenvalue weighted by Gasteiger charge is 2.65. The zero-order valence-corrected chi connectivity index (χ0v) is 77.3. The van der Waals surface area contributed by atoms with Crippen molar-refractivity contribution in [3.8, 4) is 5.75 Å². The lowest BCUT2D eigenvalue weighted by atomic mass is 9.78. The number of ether oxygens (including phenoxy) is 5. The zero-order valence-electron chi connectivity index (χ0n) is 73.3. The van der Waals surface area contributed by atoms with Crippen LogP contribution in [0, 0.1) is 11.8 Å². The number of hydrogen-bond donors (Lipinski definition) is 12. The van der Waals surface area contributed by atoms with Gasteiger partial charge in [0.1, 0.15) is 70.5 Å². The molecule has 0 saturated carbocycles. The molecule has 3 saturated heterocycles. The van der Waals surface area contributed by atoms with Crippen LogP contribution in [-0.4, -0.2) is 257 Å². The molecule has 0 radical (unpaired) electrons. The Morgan fingerprint density at radius 2 is 1.53 bits per heavy atom. The van der Waals surface area contributed by atoms with Crippen molar-refractivity contribution in [2.24, 2.45) is 17.6 Å². The number of unbranched alkanes of at least 4 members (excludes halogenated alkanes) is 1. The van der Waals surface area contributed by atoms with Gasteiger partial charge in [-0.3, -0.25) is 47.9 Å². The highest BCUT2D eigenvalue weighted by atomic mass is 35.5. The van der Waals surface area contributed by atoms with Crippen LogP contribution < -0.4 is 52.6 Å². The number of allylic oxidation sites excluding steroid dienone is 4. The van der Waals surface area contributed by atoms with Gasteiger partial charge in [-0.15, -0.1) is 0 Å². The largest absolute Gasteiger partial charge is 0.495 e. The van der Waals surface area contributed by atoms with Crippen molar-refractivity contribution < 1.29 is 96.9 Å². The smallest absolute Gasteiger partial charge is 0.328 e. The predicted octanol–water partition coefficient (Wildman–Crippen LogP) is 6.55. The van der Waals surface area contributed by atoms with Crippen LogP contribution in [0.3, 0.4) is 0 Å². The van der Waals surface area contributed by atoms with Gasteiger partial charge in [-0.25, -0.2) is 4.79 Å². The molecule has 19 atom stereocenters. The van der Waals surface area contributed by atoms with Crippen molar-refractivity contribution in [1.29, 1.82) is 0 Å². The van der Waals surface area contributed by atoms with E-state index in [4.69, 9.17) is 41.0 Å². The zero-order chi connectivity index (χ0) is 91.7. The highest BCUT2D eigenvalue weighted by Crippen LogP contribution is 2.50. The number of methoxy groups -OCH3 is 2. The minimum atomic E-state index is -1.71. The number of fused-ring (bicyclic) bond motifs is 6. The van der Waals surface area contributed by atoms with Crippen LogP contribution in [0.2, 0.25) is 5.02 Å². The summed E-state index contributed by atoms with van der Waals surface area (Å²) >= 11 is 6.92. The number of carbonyl (C=O) groups excluding carboxylic acids is 11. The van der Waals surface area contributed by atoms with E-state index in [2.05, 4.69) is 37.2 Å². The standard InChI is InChI=1S/C91H123ClN10O20S4/c1-52-23-22-31-75(119-11)91(117)47-74(120-79(109)48-91)54(3)82-90(7,122-82)76(46-78(108)102(9)71-42-60(39-52)43-73(118-10)80(71)92)121-89(116)55(4)101(8)77(107)35-38-123-126-53(2)34-37-94-66(41-59-26-16-13-17-27-59)85(112)98-69-50-124-125-51-70(87(114)97-68(49-103)56(5)104)99-88(115)81(57(6)105)100-84(111)65(30-20-21-36-93)95-86(113)67(44-62-33-32-61-28-18-19-29-64(61)62)96-83(110)63(45-72(69)106)40-58-24-14-12-15-25-58/h12-19,22-29,31,33,42-43,53-57,63,65-70,74-76,81-82,94,103-105,117H,20-21,30,32,34-41,44-51,93H2,1-11H3,(H,95,113)(H,96,110)(H,97,114)(H,98,112)(H,99,115)(H,100,111)/b31-22+,52-23+/t53?,54-,55+,56-,57-,63-,65+,66-,67-,68-,69+,70+,74+,75-,76+,81+,82+,90+,91-/m1/s1. The second-order valence-electron chi connectivity index (χ2n) is 33.4. The number of hydrogen-bond acceptors (Lipinski definition) is 26. The van der Waals surface area contributed by atoms with Crippen LogP contribution >= 0.6 is 54.8 Å². The molecule has 0 aromatic heterocycles. The summed E-state index contributed by atoms with van der Waals surface area (Å²) in [5.74, 6) is -9.15. The third-order valence-corrected chi connectivity index (χ3v) is 29.5. The number of carbonyl (C=O) groups is 11. The van der Waals surface area contributed by atoms with Crippen molar-refractivity contribution in [2.45, 2.75) is 240 Å². The van der Waals surface area contributed by atoms with E-state index in [1.54, 1.807) is 75.5 Å². The molecule has 5 aliphatic rings. The van der Waals surface area contributed by atoms with Crippen LogP contribution in [0.25, 0.3) is 5.57 Å². The summed E-state index contributed by atoms with van der Waals surface area (Å²) in [4.78, 5) is 164. The van der Waals surface area contributed by atoms with E-state index in [1.807, 2.05) is 80.6 Å². The molecule has 30 nitrogen and oxygen atoms in total. The van der Waals surface area contributed by atoms with Crippen LogP contribution in [0.5, 0.6) is 5.75 Å². The number of nitrogens with two attached hydrogens (primary N) is 1. The molecule has 4 aromatic carbocycles. The number of nitrogens with zero attached hydrogens (tertiary/aromatic N) is 2. The Hall–Kier alpha value is -8.36. The predicted molar refractivity (Wildman–Crippen MR) is 489 cm³/mol. The van der Waals surface area contributed by atoms with E-state index < -0.39 is 187 Å². The summed E-state index contributed by atoms with van der Waals surface area (Å²) in [7, 11) is 11.0. The molecule has 4 heterocycles. The van der Waals surface area contributed by atoms with Crippen LogP contribution in [0.1, 0.15) is 140 Å². The normalized spacial score (nSPS) is 27.0. The number of esters is 2. The number of epoxide rings is 1. The molecule has 3 fully saturated rings. The molecule has 688 valence electrons. The first-order chi connectivity index (χ1) is 60.1. The lowest BCUT2D eigenvalue weighted by Gasteiger charge is -2.41. The maximum Gasteiger partial charge on any atom is 0.328 e. The van der Waals surface area contributed by atoms with Crippen molar-refractivity contribution in [2.75, 3.05) is 70.2 Å². The van der Waals surface area contributed by atoms with Crippen molar-refractivity contribution >= 4 is 131 Å². The van der Waals surface area contributed by atoms with Crippen molar-refractivity contribution in [3.05, 3.63) is 160 Å². The maximum absolute atomic E-state index is 15.5. The summed E-state index contributed by atoms with van der Waals surface area (Å²) in [6.45, 7) is 11.4. The minimum absolute atomic E-state index is 0.0112. The average molecular weight is 1840 g/mol. The number of anilines is 1. The molecule has 1 aliphatic carbocycles. The number of aliphatic hydroxyl groups excluding tert-OH is 3. The minimum Gasteiger partial charge on any atom is -0.495 e. The summed E-state index contributed by atoms with van der Waals surface area (Å²) in [6, 6.07) is 18.9. The van der Waals surface area contributed by atoms with E-state index in [9.17, 15) is 54.0 Å². The topological polar surface area (TPSA) is 435 Å². The van der Waals surface area contributed by atoms with Gasteiger partial charge in [0, 0.05) is 81.2 Å². The second kappa shape index (κ2) is 48.3. The lowest BCUT2D eigenvalue weighted by Crippen LogP contribution is -2.61. The number of rotatable bonds is 31. The first-order valence-corrected chi connectivity index (χ1v) is 48.0. The third-order valence-electron chi connectivity index (χ3n) is 23.7. The molecular formula is C91H123ClN10O20S4. The van der Waals surface area contributed by atoms with Gasteiger partial charge in [-0.1, -0.05) is 183 Å². The van der Waals surface area contributed by atoms with Crippen molar-refractivity contribution in [1.82, 2.24) is 42.1 Å². The Bertz CT molecular complexity index is 4540. The number of likely N-dealkylation sites (N-methyl/N-ethyl adjacent to an activating group) is 1. The van der Waals surface area contributed by atoms with Gasteiger partial charge in [-0.05, 0) is 145 Å². The van der Waals surface area contributed by atoms with E-state index >= 15 is 19.2 Å². The van der Waals surface area contributed by atoms with Gasteiger partial charge < -0.3 is 96.9 Å². The lowest BCUT2D eigenvalue weighted by molar-refractivity contribution is -0.187. The first-order valence-electron chi connectivity index (χ1n) is 42.8. The average Bonchev–Trinajstić information content (AvgIpc) is 1.57. The molecule has 35 heteroatoms. The Labute approximate surface area is 758 Å². The van der Waals surface area contributed by atoms with Crippen LogP contribution in [-0.2, 0) is 97.4 Å². The molecule has 8 amide bonds. The molecule has 0 spiro atoms. The van der Waals surface area contributed by atoms with Gasteiger partial charge in [-0.2, -0.15) is 0 Å². The van der Waals surface area contributed by atoms with Crippen LogP contribution in [0.4, 0.5) is 5.69 Å². The first kappa shape index (κ1) is 101. The number of aliphatic hydroxyl groups is 4. The Morgan fingerprint density at radius 3 is 2.21 bits per heavy atom. The van der Waals surface area contributed by atoms with Gasteiger partial charge in [0.25, 0.3) is 0 Å². The summed E-state index contributed by atoms with van der Waals surface area (Å²) < 4.78 is 30.1. The maximum atomic E-state index is 15.5. The number of benzene rings is 4. The fourth-order valence-corrected chi connectivity index (χ4v) is 20.8. The number of ketones is 1. The number of Topliss-reactive ketones (excluding diaryl/α,β-unsaturated/α-hetero) is 1. The Kier molecular flexibility index (Phi) is 38.9. The van der Waals surface area contributed by atoms with Gasteiger partial charge in [0.15, 0.2) is 5.78 Å². The number of halogens is 1.